The second-order valence-corrected chi connectivity index (χ2v) is 9.80. The van der Waals surface area contributed by atoms with Gasteiger partial charge in [-0.15, -0.1) is 0 Å². The number of hydrogen-bond acceptors (Lipinski definition) is 6. The van der Waals surface area contributed by atoms with Crippen molar-refractivity contribution < 1.29 is 27.1 Å². The number of amides is 1. The first-order valence-electron chi connectivity index (χ1n) is 10.2. The lowest BCUT2D eigenvalue weighted by atomic mass is 10.1. The van der Waals surface area contributed by atoms with Gasteiger partial charge in [-0.05, 0) is 55.7 Å². The van der Waals surface area contributed by atoms with Gasteiger partial charge >= 0.3 is 5.97 Å². The molecule has 2 aromatic rings. The number of hydrogen-bond donors (Lipinski definition) is 1. The zero-order chi connectivity index (χ0) is 23.3. The fourth-order valence-corrected chi connectivity index (χ4v) is 4.36. The highest BCUT2D eigenvalue weighted by atomic mass is 32.2. The maximum absolute atomic E-state index is 13.3. The summed E-state index contributed by atoms with van der Waals surface area (Å²) in [6, 6.07) is 9.69. The summed E-state index contributed by atoms with van der Waals surface area (Å²) in [5.74, 6) is -1.96. The molecule has 1 aliphatic heterocycles. The van der Waals surface area contributed by atoms with Crippen molar-refractivity contribution in [3.63, 3.8) is 0 Å². The number of benzene rings is 2. The van der Waals surface area contributed by atoms with Crippen molar-refractivity contribution in [1.82, 2.24) is 4.31 Å². The molecule has 0 bridgehead atoms. The molecule has 0 atom stereocenters. The molecule has 0 radical (unpaired) electrons. The van der Waals surface area contributed by atoms with Gasteiger partial charge in [0.1, 0.15) is 5.82 Å². The Morgan fingerprint density at radius 3 is 2.47 bits per heavy atom. The number of esters is 1. The van der Waals surface area contributed by atoms with E-state index in [4.69, 9.17) is 4.74 Å². The van der Waals surface area contributed by atoms with Crippen LogP contribution in [0.5, 0.6) is 0 Å². The summed E-state index contributed by atoms with van der Waals surface area (Å²) >= 11 is 0. The van der Waals surface area contributed by atoms with E-state index in [0.717, 1.165) is 42.7 Å². The summed E-state index contributed by atoms with van der Waals surface area (Å²) in [5.41, 5.74) is 0.880. The predicted molar refractivity (Wildman–Crippen MR) is 119 cm³/mol. The van der Waals surface area contributed by atoms with Gasteiger partial charge in [-0.25, -0.2) is 21.9 Å². The molecule has 1 N–H and O–H groups in total. The fourth-order valence-electron chi connectivity index (χ4n) is 3.43. The number of anilines is 2. The Bertz CT molecular complexity index is 1100. The van der Waals surface area contributed by atoms with E-state index in [2.05, 4.69) is 5.32 Å². The Kier molecular flexibility index (Phi) is 7.47. The van der Waals surface area contributed by atoms with Gasteiger partial charge in [0, 0.05) is 32.9 Å². The first-order chi connectivity index (χ1) is 15.2. The van der Waals surface area contributed by atoms with Crippen LogP contribution in [-0.4, -0.2) is 58.4 Å². The molecule has 0 spiro atoms. The van der Waals surface area contributed by atoms with Crippen molar-refractivity contribution in [1.29, 1.82) is 0 Å². The van der Waals surface area contributed by atoms with Crippen LogP contribution < -0.4 is 10.2 Å². The van der Waals surface area contributed by atoms with Gasteiger partial charge in [0.15, 0.2) is 6.61 Å². The smallest absolute Gasteiger partial charge is 0.340 e. The minimum Gasteiger partial charge on any atom is -0.452 e. The van der Waals surface area contributed by atoms with E-state index in [9.17, 15) is 22.4 Å². The molecule has 8 nitrogen and oxygen atoms in total. The summed E-state index contributed by atoms with van der Waals surface area (Å²) in [4.78, 5) is 27.0. The minimum absolute atomic E-state index is 0.0422. The van der Waals surface area contributed by atoms with E-state index >= 15 is 0 Å². The number of halogens is 1. The van der Waals surface area contributed by atoms with Gasteiger partial charge in [-0.3, -0.25) is 4.79 Å². The van der Waals surface area contributed by atoms with E-state index in [1.807, 2.05) is 4.90 Å². The Balaban J connectivity index is 1.81. The maximum atomic E-state index is 13.3. The van der Waals surface area contributed by atoms with Crippen LogP contribution in [0, 0.1) is 5.82 Å². The van der Waals surface area contributed by atoms with Crippen LogP contribution in [0.4, 0.5) is 15.8 Å². The SMILES string of the molecule is CN(C)S(=O)(=O)c1ccc(N2CCCCC2)c(C(=O)OCC(=O)Nc2cccc(F)c2)c1. The number of nitrogens with one attached hydrogen (secondary N) is 1. The zero-order valence-electron chi connectivity index (χ0n) is 18.0. The van der Waals surface area contributed by atoms with Crippen LogP contribution in [-0.2, 0) is 19.6 Å². The fraction of sp³-hybridized carbons (Fsp3) is 0.364. The van der Waals surface area contributed by atoms with Crippen molar-refractivity contribution in [3.8, 4) is 0 Å². The number of piperidine rings is 1. The van der Waals surface area contributed by atoms with E-state index in [1.165, 1.54) is 44.4 Å². The van der Waals surface area contributed by atoms with Crippen molar-refractivity contribution in [3.05, 3.63) is 53.8 Å². The number of carbonyl (C=O) groups is 2. The molecule has 0 unspecified atom stereocenters. The van der Waals surface area contributed by atoms with Crippen LogP contribution >= 0.6 is 0 Å². The Morgan fingerprint density at radius 1 is 1.09 bits per heavy atom. The average Bonchev–Trinajstić information content (AvgIpc) is 2.77. The third kappa shape index (κ3) is 5.63. The van der Waals surface area contributed by atoms with Gasteiger partial charge in [-0.2, -0.15) is 0 Å². The van der Waals surface area contributed by atoms with E-state index < -0.39 is 34.3 Å². The topological polar surface area (TPSA) is 96.0 Å². The normalized spacial score (nSPS) is 14.3. The molecule has 0 aromatic heterocycles. The second kappa shape index (κ2) is 10.1. The first kappa shape index (κ1) is 23.7. The summed E-state index contributed by atoms with van der Waals surface area (Å²) in [6.07, 6.45) is 3.01. The second-order valence-electron chi connectivity index (χ2n) is 7.65. The molecular formula is C22H26FN3O5S. The van der Waals surface area contributed by atoms with Crippen molar-refractivity contribution in [2.75, 3.05) is 44.0 Å². The number of sulfonamides is 1. The van der Waals surface area contributed by atoms with Gasteiger partial charge in [-0.1, -0.05) is 6.07 Å². The molecule has 3 rings (SSSR count). The molecule has 1 fully saturated rings. The number of nitrogens with zero attached hydrogens (tertiary/aromatic N) is 2. The van der Waals surface area contributed by atoms with Crippen LogP contribution in [0.2, 0.25) is 0 Å². The molecule has 0 aliphatic carbocycles. The number of ether oxygens (including phenoxy) is 1. The third-order valence-electron chi connectivity index (χ3n) is 5.11. The molecule has 1 heterocycles. The quantitative estimate of drug-likeness (QED) is 0.635. The van der Waals surface area contributed by atoms with Gasteiger partial charge < -0.3 is 15.0 Å². The lowest BCUT2D eigenvalue weighted by Crippen LogP contribution is -2.31. The third-order valence-corrected chi connectivity index (χ3v) is 6.92. The molecule has 2 aromatic carbocycles. The molecule has 10 heteroatoms. The van der Waals surface area contributed by atoms with Crippen LogP contribution in [0.1, 0.15) is 29.6 Å². The Hall–Kier alpha value is -2.98. The molecular weight excluding hydrogens is 437 g/mol. The first-order valence-corrected chi connectivity index (χ1v) is 11.7. The predicted octanol–water partition coefficient (Wildman–Crippen LogP) is 2.86. The van der Waals surface area contributed by atoms with Gasteiger partial charge in [0.05, 0.1) is 16.1 Å². The van der Waals surface area contributed by atoms with Crippen LogP contribution in [0.3, 0.4) is 0 Å². The lowest BCUT2D eigenvalue weighted by molar-refractivity contribution is -0.119. The van der Waals surface area contributed by atoms with Gasteiger partial charge in [0.2, 0.25) is 10.0 Å². The summed E-state index contributed by atoms with van der Waals surface area (Å²) < 4.78 is 44.6. The summed E-state index contributed by atoms with van der Waals surface area (Å²) in [7, 11) is -0.953. The van der Waals surface area contributed by atoms with Crippen molar-refractivity contribution >= 4 is 33.3 Å². The molecule has 32 heavy (non-hydrogen) atoms. The lowest BCUT2D eigenvalue weighted by Gasteiger charge is -2.30. The highest BCUT2D eigenvalue weighted by Gasteiger charge is 2.25. The summed E-state index contributed by atoms with van der Waals surface area (Å²) in [6.45, 7) is 0.875. The largest absolute Gasteiger partial charge is 0.452 e. The highest BCUT2D eigenvalue weighted by Crippen LogP contribution is 2.28. The molecule has 1 aliphatic rings. The van der Waals surface area contributed by atoms with E-state index in [0.29, 0.717) is 5.69 Å². The zero-order valence-corrected chi connectivity index (χ0v) is 18.8. The maximum Gasteiger partial charge on any atom is 0.340 e. The van der Waals surface area contributed by atoms with Crippen molar-refractivity contribution in [2.45, 2.75) is 24.2 Å². The average molecular weight is 464 g/mol. The number of rotatable bonds is 7. The molecule has 1 saturated heterocycles. The molecule has 0 saturated carbocycles. The van der Waals surface area contributed by atoms with Crippen molar-refractivity contribution in [2.24, 2.45) is 0 Å². The number of carbonyl (C=O) groups excluding carboxylic acids is 2. The van der Waals surface area contributed by atoms with Gasteiger partial charge in [0.25, 0.3) is 5.91 Å². The van der Waals surface area contributed by atoms with Crippen LogP contribution in [0.15, 0.2) is 47.4 Å². The summed E-state index contributed by atoms with van der Waals surface area (Å²) in [5, 5.41) is 2.45. The highest BCUT2D eigenvalue weighted by molar-refractivity contribution is 7.89. The standard InChI is InChI=1S/C22H26FN3O5S/c1-25(2)32(29,30)18-9-10-20(26-11-4-3-5-12-26)19(14-18)22(28)31-15-21(27)24-17-8-6-7-16(23)13-17/h6-10,13-14H,3-5,11-12,15H2,1-2H3,(H,24,27). The van der Waals surface area contributed by atoms with E-state index in [-0.39, 0.29) is 16.1 Å². The molecule has 1 amide bonds. The monoisotopic (exact) mass is 463 g/mol. The minimum atomic E-state index is -3.76. The molecule has 172 valence electrons. The Morgan fingerprint density at radius 2 is 1.81 bits per heavy atom. The van der Waals surface area contributed by atoms with Crippen LogP contribution in [0.25, 0.3) is 0 Å². The Labute approximate surface area is 187 Å². The van der Waals surface area contributed by atoms with E-state index in [1.54, 1.807) is 6.07 Å².